The molecule has 0 saturated heterocycles. The minimum atomic E-state index is 1.08. The van der Waals surface area contributed by atoms with Gasteiger partial charge in [-0.1, -0.05) is 24.6 Å². The highest BCUT2D eigenvalue weighted by Gasteiger charge is 2.12. The van der Waals surface area contributed by atoms with E-state index in [4.69, 9.17) is 0 Å². The Morgan fingerprint density at radius 3 is 2.41 bits per heavy atom. The van der Waals surface area contributed by atoms with Crippen molar-refractivity contribution in [2.24, 2.45) is 7.05 Å². The van der Waals surface area contributed by atoms with Gasteiger partial charge in [0.2, 0.25) is 5.69 Å². The highest BCUT2D eigenvalue weighted by Crippen LogP contribution is 2.21. The van der Waals surface area contributed by atoms with Crippen molar-refractivity contribution >= 4 is 0 Å². The summed E-state index contributed by atoms with van der Waals surface area (Å²) in [6.45, 7) is 6.50. The van der Waals surface area contributed by atoms with Crippen LogP contribution in [-0.4, -0.2) is 0 Å². The first-order valence-corrected chi connectivity index (χ1v) is 6.18. The van der Waals surface area contributed by atoms with Gasteiger partial charge in [0, 0.05) is 17.2 Å². The average Bonchev–Trinajstić information content (AvgIpc) is 2.30. The molecule has 1 heteroatoms. The van der Waals surface area contributed by atoms with Gasteiger partial charge in [0.1, 0.15) is 7.05 Å². The van der Waals surface area contributed by atoms with Gasteiger partial charge in [-0.3, -0.25) is 0 Å². The van der Waals surface area contributed by atoms with Gasteiger partial charge in [0.05, 0.1) is 0 Å². The van der Waals surface area contributed by atoms with Gasteiger partial charge in [-0.25, -0.2) is 4.57 Å². The molecule has 1 aromatic heterocycles. The third kappa shape index (κ3) is 2.38. The lowest BCUT2D eigenvalue weighted by Crippen LogP contribution is -2.31. The van der Waals surface area contributed by atoms with E-state index >= 15 is 0 Å². The zero-order valence-corrected chi connectivity index (χ0v) is 11.1. The second-order valence-corrected chi connectivity index (χ2v) is 4.71. The fourth-order valence-electron chi connectivity index (χ4n) is 2.25. The molecule has 0 N–H and O–H groups in total. The molecule has 88 valence electrons. The van der Waals surface area contributed by atoms with E-state index in [2.05, 4.69) is 68.9 Å². The number of rotatable bonds is 2. The number of pyridine rings is 1. The Kier molecular flexibility index (Phi) is 3.28. The van der Waals surface area contributed by atoms with Crippen LogP contribution in [0.3, 0.4) is 0 Å². The number of hydrogen-bond donors (Lipinski definition) is 0. The Labute approximate surface area is 104 Å². The molecule has 0 unspecified atom stereocenters. The highest BCUT2D eigenvalue weighted by molar-refractivity contribution is 5.61. The molecule has 0 aliphatic carbocycles. The van der Waals surface area contributed by atoms with Gasteiger partial charge in [-0.2, -0.15) is 0 Å². The van der Waals surface area contributed by atoms with Crippen LogP contribution >= 0.6 is 0 Å². The van der Waals surface area contributed by atoms with Crippen LogP contribution in [0, 0.1) is 13.8 Å². The smallest absolute Gasteiger partial charge is 0.201 e. The first-order valence-electron chi connectivity index (χ1n) is 6.18. The molecule has 0 saturated carbocycles. The van der Waals surface area contributed by atoms with E-state index in [1.54, 1.807) is 0 Å². The lowest BCUT2D eigenvalue weighted by molar-refractivity contribution is -0.660. The van der Waals surface area contributed by atoms with Gasteiger partial charge in [-0.15, -0.1) is 0 Å². The fraction of sp³-hybridized carbons (Fsp3) is 0.312. The fourth-order valence-corrected chi connectivity index (χ4v) is 2.25. The minimum absolute atomic E-state index is 1.08. The number of aromatic nitrogens is 1. The summed E-state index contributed by atoms with van der Waals surface area (Å²) in [7, 11) is 2.12. The van der Waals surface area contributed by atoms with Gasteiger partial charge in [0.25, 0.3) is 0 Å². The van der Waals surface area contributed by atoms with E-state index in [0.717, 1.165) is 6.42 Å². The van der Waals surface area contributed by atoms with E-state index in [1.165, 1.54) is 27.9 Å². The Hall–Kier alpha value is -1.63. The Bertz CT molecular complexity index is 541. The van der Waals surface area contributed by atoms with E-state index in [1.807, 2.05) is 0 Å². The largest absolute Gasteiger partial charge is 0.212 e. The molecule has 2 aromatic rings. The van der Waals surface area contributed by atoms with Crippen molar-refractivity contribution in [3.8, 4) is 11.3 Å². The average molecular weight is 226 g/mol. The third-order valence-electron chi connectivity index (χ3n) is 3.26. The molecule has 17 heavy (non-hydrogen) atoms. The summed E-state index contributed by atoms with van der Waals surface area (Å²) < 4.78 is 2.22. The summed E-state index contributed by atoms with van der Waals surface area (Å²) in [6.07, 6.45) is 3.30. The van der Waals surface area contributed by atoms with Crippen LogP contribution in [0.2, 0.25) is 0 Å². The van der Waals surface area contributed by atoms with Crippen molar-refractivity contribution in [1.82, 2.24) is 0 Å². The van der Waals surface area contributed by atoms with Gasteiger partial charge in [0.15, 0.2) is 6.20 Å². The van der Waals surface area contributed by atoms with Gasteiger partial charge >= 0.3 is 0 Å². The normalized spacial score (nSPS) is 10.6. The van der Waals surface area contributed by atoms with E-state index in [-0.39, 0.29) is 0 Å². The molecule has 0 spiro atoms. The molecule has 1 heterocycles. The molecule has 0 aliphatic heterocycles. The number of aryl methyl sites for hydroxylation is 4. The van der Waals surface area contributed by atoms with Crippen molar-refractivity contribution in [2.45, 2.75) is 27.2 Å². The van der Waals surface area contributed by atoms with Crippen molar-refractivity contribution < 1.29 is 4.57 Å². The molecule has 1 aromatic carbocycles. The lowest BCUT2D eigenvalue weighted by Gasteiger charge is -2.06. The first-order chi connectivity index (χ1) is 8.11. The molecular formula is C16H20N+. The van der Waals surface area contributed by atoms with Crippen molar-refractivity contribution in [3.05, 3.63) is 53.2 Å². The Morgan fingerprint density at radius 1 is 1.06 bits per heavy atom. The van der Waals surface area contributed by atoms with E-state index in [9.17, 15) is 0 Å². The molecule has 2 rings (SSSR count). The number of hydrogen-bond acceptors (Lipinski definition) is 0. The zero-order chi connectivity index (χ0) is 12.4. The summed E-state index contributed by atoms with van der Waals surface area (Å²) in [6, 6.07) is 11.1. The summed E-state index contributed by atoms with van der Waals surface area (Å²) >= 11 is 0. The number of benzene rings is 1. The molecule has 0 atom stereocenters. The maximum absolute atomic E-state index is 2.24. The van der Waals surface area contributed by atoms with E-state index < -0.39 is 0 Å². The van der Waals surface area contributed by atoms with Crippen molar-refractivity contribution in [3.63, 3.8) is 0 Å². The number of nitrogens with zero attached hydrogens (tertiary/aromatic N) is 1. The maximum atomic E-state index is 2.24. The van der Waals surface area contributed by atoms with Crippen molar-refractivity contribution in [1.29, 1.82) is 0 Å². The third-order valence-corrected chi connectivity index (χ3v) is 3.26. The summed E-state index contributed by atoms with van der Waals surface area (Å²) in [5.74, 6) is 0. The quantitative estimate of drug-likeness (QED) is 0.691. The second kappa shape index (κ2) is 4.70. The molecule has 1 nitrogen and oxygen atoms in total. The summed E-state index contributed by atoms with van der Waals surface area (Å²) in [5.41, 5.74) is 6.63. The molecule has 0 fully saturated rings. The Morgan fingerprint density at radius 2 is 1.82 bits per heavy atom. The highest BCUT2D eigenvalue weighted by atomic mass is 14.9. The van der Waals surface area contributed by atoms with Crippen molar-refractivity contribution in [2.75, 3.05) is 0 Å². The van der Waals surface area contributed by atoms with Crippen LogP contribution in [0.15, 0.2) is 36.5 Å². The predicted octanol–water partition coefficient (Wildman–Crippen LogP) is 3.36. The first kappa shape index (κ1) is 11.8. The predicted molar refractivity (Wildman–Crippen MR) is 71.9 cm³/mol. The van der Waals surface area contributed by atoms with Crippen LogP contribution < -0.4 is 4.57 Å². The SMILES string of the molecule is CCc1ccc(-c2ccc(C)cc2C)[n+](C)c1. The van der Waals surface area contributed by atoms with Crippen LogP contribution in [-0.2, 0) is 13.5 Å². The maximum Gasteiger partial charge on any atom is 0.212 e. The molecule has 0 bridgehead atoms. The van der Waals surface area contributed by atoms with E-state index in [0.29, 0.717) is 0 Å². The Balaban J connectivity index is 2.53. The molecule has 0 radical (unpaired) electrons. The van der Waals surface area contributed by atoms with Crippen LogP contribution in [0.5, 0.6) is 0 Å². The minimum Gasteiger partial charge on any atom is -0.201 e. The molecular weight excluding hydrogens is 206 g/mol. The van der Waals surface area contributed by atoms with Crippen LogP contribution in [0.1, 0.15) is 23.6 Å². The van der Waals surface area contributed by atoms with Crippen LogP contribution in [0.4, 0.5) is 0 Å². The second-order valence-electron chi connectivity index (χ2n) is 4.71. The zero-order valence-electron chi connectivity index (χ0n) is 11.1. The molecule has 0 amide bonds. The monoisotopic (exact) mass is 226 g/mol. The van der Waals surface area contributed by atoms with Crippen LogP contribution in [0.25, 0.3) is 11.3 Å². The molecule has 0 aliphatic rings. The van der Waals surface area contributed by atoms with Gasteiger partial charge < -0.3 is 0 Å². The standard InChI is InChI=1S/C16H20N/c1-5-14-7-9-16(17(4)11-14)15-8-6-12(2)10-13(15)3/h6-11H,5H2,1-4H3/q+1. The lowest BCUT2D eigenvalue weighted by atomic mass is 10.0. The van der Waals surface area contributed by atoms with Gasteiger partial charge in [-0.05, 0) is 38.0 Å². The topological polar surface area (TPSA) is 3.88 Å². The summed E-state index contributed by atoms with van der Waals surface area (Å²) in [4.78, 5) is 0. The summed E-state index contributed by atoms with van der Waals surface area (Å²) in [5, 5.41) is 0.